The van der Waals surface area contributed by atoms with Gasteiger partial charge in [-0.1, -0.05) is 91.0 Å². The zero-order chi connectivity index (χ0) is 25.7. The second kappa shape index (κ2) is 11.2. The third kappa shape index (κ3) is 5.18. The van der Waals surface area contributed by atoms with Crippen molar-refractivity contribution in [3.63, 3.8) is 0 Å². The maximum Gasteiger partial charge on any atom is 0.311 e. The van der Waals surface area contributed by atoms with Crippen molar-refractivity contribution in [2.45, 2.75) is 44.3 Å². The molecule has 4 rings (SSSR count). The molecule has 36 heavy (non-hydrogen) atoms. The molecule has 3 aromatic carbocycles. The van der Waals surface area contributed by atoms with Crippen LogP contribution in [0, 0.1) is 5.92 Å². The molecule has 4 unspecified atom stereocenters. The van der Waals surface area contributed by atoms with Crippen molar-refractivity contribution in [1.82, 2.24) is 10.2 Å². The Balaban J connectivity index is 1.91. The molecule has 0 aliphatic carbocycles. The molecular weight excluding hydrogens is 452 g/mol. The zero-order valence-corrected chi connectivity index (χ0v) is 20.8. The number of carbonyl (C=O) groups excluding carboxylic acids is 3. The standard InChI is InChI=1S/C30H32N2O4/c1-20(2)31-29(34)28-25(22-15-9-5-10-16-22)26(30(35)36-3)27(23-17-11-6-12-18-23)32(28)24(33)19-21-13-7-4-8-14-21/h4-18,20,25-28H,19H2,1-3H3,(H,31,34). The predicted octanol–water partition coefficient (Wildman–Crippen LogP) is 4.28. The van der Waals surface area contributed by atoms with Gasteiger partial charge in [0.25, 0.3) is 0 Å². The Morgan fingerprint density at radius 3 is 1.89 bits per heavy atom. The molecule has 2 amide bonds. The summed E-state index contributed by atoms with van der Waals surface area (Å²) in [6.45, 7) is 3.76. The van der Waals surface area contributed by atoms with Crippen molar-refractivity contribution in [3.05, 3.63) is 108 Å². The van der Waals surface area contributed by atoms with Gasteiger partial charge in [0.1, 0.15) is 6.04 Å². The number of ether oxygens (including phenoxy) is 1. The molecule has 1 aliphatic rings. The first-order chi connectivity index (χ1) is 17.4. The first-order valence-electron chi connectivity index (χ1n) is 12.3. The van der Waals surface area contributed by atoms with Gasteiger partial charge >= 0.3 is 5.97 Å². The van der Waals surface area contributed by atoms with Crippen LogP contribution in [0.2, 0.25) is 0 Å². The highest BCUT2D eigenvalue weighted by Crippen LogP contribution is 2.50. The number of hydrogen-bond donors (Lipinski definition) is 1. The molecule has 3 aromatic rings. The Bertz CT molecular complexity index is 1180. The van der Waals surface area contributed by atoms with E-state index in [2.05, 4.69) is 5.32 Å². The van der Waals surface area contributed by atoms with Crippen LogP contribution < -0.4 is 5.32 Å². The highest BCUT2D eigenvalue weighted by molar-refractivity contribution is 5.93. The topological polar surface area (TPSA) is 75.7 Å². The number of hydrogen-bond acceptors (Lipinski definition) is 4. The summed E-state index contributed by atoms with van der Waals surface area (Å²) in [5.74, 6) is -2.29. The highest BCUT2D eigenvalue weighted by atomic mass is 16.5. The summed E-state index contributed by atoms with van der Waals surface area (Å²) >= 11 is 0. The number of rotatable bonds is 7. The molecule has 4 atom stereocenters. The lowest BCUT2D eigenvalue weighted by Gasteiger charge is -2.32. The molecule has 0 bridgehead atoms. The molecule has 186 valence electrons. The van der Waals surface area contributed by atoms with Crippen molar-refractivity contribution in [1.29, 1.82) is 0 Å². The summed E-state index contributed by atoms with van der Waals surface area (Å²) in [5.41, 5.74) is 2.44. The molecule has 6 nitrogen and oxygen atoms in total. The molecule has 0 radical (unpaired) electrons. The summed E-state index contributed by atoms with van der Waals surface area (Å²) in [4.78, 5) is 42.8. The number of methoxy groups -OCH3 is 1. The molecule has 0 spiro atoms. The Labute approximate surface area is 212 Å². The third-order valence-corrected chi connectivity index (χ3v) is 6.65. The van der Waals surface area contributed by atoms with Gasteiger partial charge in [0.05, 0.1) is 25.5 Å². The fourth-order valence-corrected chi connectivity index (χ4v) is 5.24. The number of benzene rings is 3. The van der Waals surface area contributed by atoms with Crippen LogP contribution in [0.3, 0.4) is 0 Å². The summed E-state index contributed by atoms with van der Waals surface area (Å²) in [6, 6.07) is 26.7. The van der Waals surface area contributed by atoms with Gasteiger partial charge in [-0.15, -0.1) is 0 Å². The Morgan fingerprint density at radius 2 is 1.36 bits per heavy atom. The van der Waals surface area contributed by atoms with Gasteiger partial charge in [0.2, 0.25) is 11.8 Å². The van der Waals surface area contributed by atoms with Gasteiger partial charge in [-0.2, -0.15) is 0 Å². The van der Waals surface area contributed by atoms with E-state index in [9.17, 15) is 14.4 Å². The number of carbonyl (C=O) groups is 3. The highest BCUT2D eigenvalue weighted by Gasteiger charge is 2.57. The minimum atomic E-state index is -0.889. The summed E-state index contributed by atoms with van der Waals surface area (Å²) in [6.07, 6.45) is 0.116. The van der Waals surface area contributed by atoms with Crippen LogP contribution >= 0.6 is 0 Å². The summed E-state index contributed by atoms with van der Waals surface area (Å²) in [7, 11) is 1.35. The Morgan fingerprint density at radius 1 is 0.833 bits per heavy atom. The van der Waals surface area contributed by atoms with E-state index in [1.54, 1.807) is 4.90 Å². The average Bonchev–Trinajstić information content (AvgIpc) is 3.26. The van der Waals surface area contributed by atoms with Gasteiger partial charge in [0, 0.05) is 12.0 Å². The van der Waals surface area contributed by atoms with Crippen LogP contribution in [0.5, 0.6) is 0 Å². The Hall–Kier alpha value is -3.93. The van der Waals surface area contributed by atoms with E-state index in [-0.39, 0.29) is 24.3 Å². The van der Waals surface area contributed by atoms with Gasteiger partial charge in [0.15, 0.2) is 0 Å². The fraction of sp³-hybridized carbons (Fsp3) is 0.300. The number of nitrogens with zero attached hydrogens (tertiary/aromatic N) is 1. The average molecular weight is 485 g/mol. The van der Waals surface area contributed by atoms with Gasteiger partial charge in [-0.25, -0.2) is 0 Å². The molecule has 0 aromatic heterocycles. The first kappa shape index (κ1) is 25.2. The van der Waals surface area contributed by atoms with Crippen molar-refractivity contribution < 1.29 is 19.1 Å². The number of nitrogens with one attached hydrogen (secondary N) is 1. The molecule has 1 saturated heterocycles. The molecule has 6 heteroatoms. The number of likely N-dealkylation sites (tertiary alicyclic amines) is 1. The van der Waals surface area contributed by atoms with E-state index < -0.39 is 29.9 Å². The van der Waals surface area contributed by atoms with Crippen molar-refractivity contribution in [3.8, 4) is 0 Å². The van der Waals surface area contributed by atoms with Crippen molar-refractivity contribution in [2.75, 3.05) is 7.11 Å². The Kier molecular flexibility index (Phi) is 7.84. The maximum absolute atomic E-state index is 14.0. The van der Waals surface area contributed by atoms with Crippen LogP contribution in [0.1, 0.15) is 42.5 Å². The van der Waals surface area contributed by atoms with E-state index in [1.807, 2.05) is 105 Å². The molecule has 1 N–H and O–H groups in total. The molecule has 1 fully saturated rings. The minimum Gasteiger partial charge on any atom is -0.469 e. The van der Waals surface area contributed by atoms with E-state index in [4.69, 9.17) is 4.74 Å². The van der Waals surface area contributed by atoms with Crippen LogP contribution in [0.25, 0.3) is 0 Å². The van der Waals surface area contributed by atoms with E-state index in [0.29, 0.717) is 0 Å². The van der Waals surface area contributed by atoms with E-state index in [0.717, 1.165) is 16.7 Å². The van der Waals surface area contributed by atoms with E-state index >= 15 is 0 Å². The second-order valence-electron chi connectivity index (χ2n) is 9.41. The van der Waals surface area contributed by atoms with Crippen LogP contribution in [-0.2, 0) is 25.5 Å². The van der Waals surface area contributed by atoms with Crippen LogP contribution in [0.15, 0.2) is 91.0 Å². The summed E-state index contributed by atoms with van der Waals surface area (Å²) < 4.78 is 5.28. The van der Waals surface area contributed by atoms with Crippen LogP contribution in [0.4, 0.5) is 0 Å². The van der Waals surface area contributed by atoms with Gasteiger partial charge in [-0.3, -0.25) is 14.4 Å². The smallest absolute Gasteiger partial charge is 0.311 e. The van der Waals surface area contributed by atoms with Crippen molar-refractivity contribution >= 4 is 17.8 Å². The lowest BCUT2D eigenvalue weighted by atomic mass is 9.79. The summed E-state index contributed by atoms with van der Waals surface area (Å²) in [5, 5.41) is 3.00. The van der Waals surface area contributed by atoms with Crippen LogP contribution in [-0.4, -0.2) is 41.9 Å². The van der Waals surface area contributed by atoms with Gasteiger partial charge < -0.3 is 15.0 Å². The van der Waals surface area contributed by atoms with Crippen molar-refractivity contribution in [2.24, 2.45) is 5.92 Å². The number of amides is 2. The zero-order valence-electron chi connectivity index (χ0n) is 20.8. The minimum absolute atomic E-state index is 0.116. The fourth-order valence-electron chi connectivity index (χ4n) is 5.24. The third-order valence-electron chi connectivity index (χ3n) is 6.65. The maximum atomic E-state index is 14.0. The largest absolute Gasteiger partial charge is 0.469 e. The predicted molar refractivity (Wildman–Crippen MR) is 138 cm³/mol. The quantitative estimate of drug-likeness (QED) is 0.508. The normalized spacial score (nSPS) is 21.3. The molecule has 1 heterocycles. The second-order valence-corrected chi connectivity index (χ2v) is 9.41. The first-order valence-corrected chi connectivity index (χ1v) is 12.3. The molecule has 0 saturated carbocycles. The SMILES string of the molecule is COC(=O)C1C(c2ccccc2)C(C(=O)NC(C)C)N(C(=O)Cc2ccccc2)C1c1ccccc1. The lowest BCUT2D eigenvalue weighted by Crippen LogP contribution is -2.50. The number of esters is 1. The van der Waals surface area contributed by atoms with Gasteiger partial charge in [-0.05, 0) is 30.5 Å². The molecule has 1 aliphatic heterocycles. The monoisotopic (exact) mass is 484 g/mol. The van der Waals surface area contributed by atoms with E-state index in [1.165, 1.54) is 7.11 Å². The lowest BCUT2D eigenvalue weighted by molar-refractivity contribution is -0.147. The molecular formula is C30H32N2O4.